The summed E-state index contributed by atoms with van der Waals surface area (Å²) in [5.41, 5.74) is 0.747. The Morgan fingerprint density at radius 1 is 0.868 bits per heavy atom. The molecule has 1 N–H and O–H groups in total. The van der Waals surface area contributed by atoms with Crippen molar-refractivity contribution in [3.05, 3.63) is 88.5 Å². The Bertz CT molecular complexity index is 1340. The van der Waals surface area contributed by atoms with Crippen LogP contribution in [0.5, 0.6) is 23.0 Å². The number of hydrogen-bond acceptors (Lipinski definition) is 7. The van der Waals surface area contributed by atoms with Gasteiger partial charge in [-0.05, 0) is 67.1 Å². The van der Waals surface area contributed by atoms with Crippen molar-refractivity contribution in [3.63, 3.8) is 0 Å². The predicted molar refractivity (Wildman–Crippen MR) is 143 cm³/mol. The van der Waals surface area contributed by atoms with Gasteiger partial charge in [-0.1, -0.05) is 23.7 Å². The van der Waals surface area contributed by atoms with Crippen LogP contribution in [0.25, 0.3) is 5.76 Å². The fraction of sp³-hybridized carbons (Fsp3) is 0.241. The number of hydrogen-bond donors (Lipinski definition) is 1. The molecule has 0 bridgehead atoms. The fourth-order valence-electron chi connectivity index (χ4n) is 4.26. The van der Waals surface area contributed by atoms with Crippen LogP contribution in [0.4, 0.5) is 0 Å². The molecule has 1 aliphatic heterocycles. The predicted octanol–water partition coefficient (Wildman–Crippen LogP) is 5.26. The van der Waals surface area contributed by atoms with Crippen molar-refractivity contribution in [2.24, 2.45) is 0 Å². The van der Waals surface area contributed by atoms with Crippen molar-refractivity contribution < 1.29 is 33.6 Å². The van der Waals surface area contributed by atoms with Crippen molar-refractivity contribution in [1.29, 1.82) is 0 Å². The number of aliphatic hydroxyl groups is 1. The summed E-state index contributed by atoms with van der Waals surface area (Å²) in [7, 11) is 3.12. The van der Waals surface area contributed by atoms with E-state index in [1.165, 1.54) is 4.90 Å². The third kappa shape index (κ3) is 5.55. The third-order valence-corrected chi connectivity index (χ3v) is 6.47. The highest BCUT2D eigenvalue weighted by Crippen LogP contribution is 2.41. The topological polar surface area (TPSA) is 94.5 Å². The van der Waals surface area contributed by atoms with Gasteiger partial charge in [0.25, 0.3) is 11.7 Å². The van der Waals surface area contributed by atoms with E-state index in [-0.39, 0.29) is 35.1 Å². The fourth-order valence-corrected chi connectivity index (χ4v) is 4.47. The number of likely N-dealkylation sites (tertiary alicyclic amines) is 1. The first kappa shape index (κ1) is 26.9. The molecular weight excluding hydrogens is 510 g/mol. The van der Waals surface area contributed by atoms with E-state index >= 15 is 0 Å². The Morgan fingerprint density at radius 2 is 1.45 bits per heavy atom. The highest BCUT2D eigenvalue weighted by Gasteiger charge is 2.46. The van der Waals surface area contributed by atoms with Crippen LogP contribution in [0.3, 0.4) is 0 Å². The lowest BCUT2D eigenvalue weighted by atomic mass is 9.95. The van der Waals surface area contributed by atoms with Crippen LogP contribution in [0.1, 0.15) is 24.1 Å². The van der Waals surface area contributed by atoms with Gasteiger partial charge >= 0.3 is 0 Å². The lowest BCUT2D eigenvalue weighted by molar-refractivity contribution is -0.140. The van der Waals surface area contributed by atoms with Crippen molar-refractivity contribution in [3.8, 4) is 23.0 Å². The number of amides is 1. The molecule has 8 nitrogen and oxygen atoms in total. The van der Waals surface area contributed by atoms with Gasteiger partial charge in [-0.15, -0.1) is 0 Å². The smallest absolute Gasteiger partial charge is 0.295 e. The molecular formula is C29H28ClNO7. The summed E-state index contributed by atoms with van der Waals surface area (Å²) >= 11 is 6.39. The highest BCUT2D eigenvalue weighted by atomic mass is 35.5. The first-order chi connectivity index (χ1) is 18.4. The van der Waals surface area contributed by atoms with Crippen LogP contribution < -0.4 is 18.9 Å². The van der Waals surface area contributed by atoms with Crippen LogP contribution in [-0.4, -0.2) is 55.7 Å². The lowest BCUT2D eigenvalue weighted by Crippen LogP contribution is -2.33. The van der Waals surface area contributed by atoms with Gasteiger partial charge in [0.1, 0.15) is 35.4 Å². The summed E-state index contributed by atoms with van der Waals surface area (Å²) in [4.78, 5) is 27.9. The maximum atomic E-state index is 13.3. The Hall–Kier alpha value is -4.17. The molecule has 0 radical (unpaired) electrons. The van der Waals surface area contributed by atoms with E-state index in [0.717, 1.165) is 0 Å². The summed E-state index contributed by atoms with van der Waals surface area (Å²) in [5, 5.41) is 11.6. The minimum atomic E-state index is -0.868. The highest BCUT2D eigenvalue weighted by molar-refractivity contribution is 6.47. The number of ketones is 1. The van der Waals surface area contributed by atoms with Crippen molar-refractivity contribution in [2.75, 3.05) is 34.0 Å². The van der Waals surface area contributed by atoms with E-state index in [1.54, 1.807) is 80.9 Å². The maximum Gasteiger partial charge on any atom is 0.295 e. The normalized spacial score (nSPS) is 16.4. The minimum Gasteiger partial charge on any atom is -0.507 e. The van der Waals surface area contributed by atoms with Gasteiger partial charge in [0.15, 0.2) is 0 Å². The summed E-state index contributed by atoms with van der Waals surface area (Å²) in [6.45, 7) is 2.45. The Balaban J connectivity index is 1.71. The number of carbonyl (C=O) groups excluding carboxylic acids is 2. The standard InChI is InChI=1S/C29H28ClNO7/c1-4-37-22-13-14-24(30)23(17-22)27(32)25-26(18-5-7-19(35-2)8-6-18)31(29(34)28(25)33)15-16-38-21-11-9-20(36-3)10-12-21/h5-14,17,26,32H,4,15-16H2,1-3H3/b27-25+. The number of benzene rings is 3. The second-order valence-electron chi connectivity index (χ2n) is 8.36. The third-order valence-electron chi connectivity index (χ3n) is 6.14. The van der Waals surface area contributed by atoms with Gasteiger partial charge in [0, 0.05) is 5.56 Å². The van der Waals surface area contributed by atoms with E-state index in [4.69, 9.17) is 30.5 Å². The number of carbonyl (C=O) groups is 2. The molecule has 1 fully saturated rings. The molecule has 3 aromatic carbocycles. The van der Waals surface area contributed by atoms with Gasteiger partial charge in [0.2, 0.25) is 0 Å². The minimum absolute atomic E-state index is 0.0693. The largest absolute Gasteiger partial charge is 0.507 e. The Morgan fingerprint density at radius 3 is 2.05 bits per heavy atom. The molecule has 1 heterocycles. The molecule has 4 rings (SSSR count). The molecule has 38 heavy (non-hydrogen) atoms. The molecule has 1 unspecified atom stereocenters. The van der Waals surface area contributed by atoms with Crippen molar-refractivity contribution in [1.82, 2.24) is 4.90 Å². The summed E-state index contributed by atoms with van der Waals surface area (Å²) in [6, 6.07) is 17.9. The average Bonchev–Trinajstić information content (AvgIpc) is 3.19. The number of Topliss-reactive ketones (excluding diaryl/α,β-unsaturated/α-hetero) is 1. The van der Waals surface area contributed by atoms with E-state index < -0.39 is 17.7 Å². The van der Waals surface area contributed by atoms with E-state index in [1.807, 2.05) is 6.92 Å². The molecule has 0 saturated carbocycles. The summed E-state index contributed by atoms with van der Waals surface area (Å²) in [5.74, 6) is 0.419. The Labute approximate surface area is 225 Å². The molecule has 198 valence electrons. The zero-order valence-electron chi connectivity index (χ0n) is 21.3. The second kappa shape index (κ2) is 11.9. The van der Waals surface area contributed by atoms with Crippen molar-refractivity contribution >= 4 is 29.1 Å². The van der Waals surface area contributed by atoms with Gasteiger partial charge in [-0.3, -0.25) is 9.59 Å². The van der Waals surface area contributed by atoms with Crippen LogP contribution in [0, 0.1) is 0 Å². The van der Waals surface area contributed by atoms with E-state index in [9.17, 15) is 14.7 Å². The van der Waals surface area contributed by atoms with Gasteiger partial charge < -0.3 is 29.0 Å². The number of methoxy groups -OCH3 is 2. The van der Waals surface area contributed by atoms with Gasteiger partial charge in [0.05, 0.1) is 44.0 Å². The van der Waals surface area contributed by atoms with Gasteiger partial charge in [-0.25, -0.2) is 0 Å². The number of aliphatic hydroxyl groups excluding tert-OH is 1. The SMILES string of the molecule is CCOc1ccc(Cl)c(/C(O)=C2\C(=O)C(=O)N(CCOc3ccc(OC)cc3)C2c2ccc(OC)cc2)c1. The molecule has 1 atom stereocenters. The quantitative estimate of drug-likeness (QED) is 0.214. The molecule has 0 aliphatic carbocycles. The lowest BCUT2D eigenvalue weighted by Gasteiger charge is -2.25. The molecule has 9 heteroatoms. The molecule has 1 saturated heterocycles. The zero-order valence-corrected chi connectivity index (χ0v) is 22.0. The summed E-state index contributed by atoms with van der Waals surface area (Å²) in [6.07, 6.45) is 0. The van der Waals surface area contributed by atoms with Gasteiger partial charge in [-0.2, -0.15) is 0 Å². The van der Waals surface area contributed by atoms with Crippen LogP contribution in [0.2, 0.25) is 5.02 Å². The van der Waals surface area contributed by atoms with Crippen LogP contribution in [-0.2, 0) is 9.59 Å². The molecule has 3 aromatic rings. The first-order valence-corrected chi connectivity index (χ1v) is 12.4. The van der Waals surface area contributed by atoms with Crippen LogP contribution in [0.15, 0.2) is 72.3 Å². The average molecular weight is 538 g/mol. The van der Waals surface area contributed by atoms with E-state index in [2.05, 4.69) is 0 Å². The number of rotatable bonds is 10. The first-order valence-electron chi connectivity index (χ1n) is 12.0. The number of nitrogens with zero attached hydrogens (tertiary/aromatic N) is 1. The monoisotopic (exact) mass is 537 g/mol. The molecule has 1 aliphatic rings. The molecule has 0 spiro atoms. The second-order valence-corrected chi connectivity index (χ2v) is 8.77. The van der Waals surface area contributed by atoms with Crippen LogP contribution >= 0.6 is 11.6 Å². The number of halogens is 1. The maximum absolute atomic E-state index is 13.3. The van der Waals surface area contributed by atoms with E-state index in [0.29, 0.717) is 35.2 Å². The number of ether oxygens (including phenoxy) is 4. The van der Waals surface area contributed by atoms with Crippen molar-refractivity contribution in [2.45, 2.75) is 13.0 Å². The summed E-state index contributed by atoms with van der Waals surface area (Å²) < 4.78 is 21.8. The zero-order chi connectivity index (χ0) is 27.2. The molecule has 1 amide bonds. The Kier molecular flexibility index (Phi) is 8.43. The molecule has 0 aromatic heterocycles.